The number of nitrogens with two attached hydrogens (primary N) is 1. The highest BCUT2D eigenvalue weighted by molar-refractivity contribution is 8.01. The monoisotopic (exact) mass is 237 g/mol. The lowest BCUT2D eigenvalue weighted by Crippen LogP contribution is -2.04. The Balaban J connectivity index is 2.11. The summed E-state index contributed by atoms with van der Waals surface area (Å²) >= 11 is 3.16. The minimum atomic E-state index is 0.0885. The first-order valence-corrected chi connectivity index (χ1v) is 6.25. The Morgan fingerprint density at radius 3 is 2.60 bits per heavy atom. The van der Waals surface area contributed by atoms with Crippen LogP contribution < -0.4 is 5.73 Å². The normalized spacial score (nSPS) is 12.7. The average molecular weight is 237 g/mol. The van der Waals surface area contributed by atoms with Crippen LogP contribution in [0.15, 0.2) is 39.0 Å². The Kier molecular flexibility index (Phi) is 3.35. The summed E-state index contributed by atoms with van der Waals surface area (Å²) in [5.74, 6) is 0. The first-order chi connectivity index (χ1) is 7.25. The Morgan fingerprint density at radius 1 is 1.33 bits per heavy atom. The van der Waals surface area contributed by atoms with Crippen molar-refractivity contribution < 1.29 is 0 Å². The molecule has 0 aliphatic heterocycles. The van der Waals surface area contributed by atoms with Crippen LogP contribution in [0.25, 0.3) is 0 Å². The molecule has 0 saturated carbocycles. The molecule has 3 nitrogen and oxygen atoms in total. The molecule has 15 heavy (non-hydrogen) atoms. The number of benzene rings is 1. The van der Waals surface area contributed by atoms with Crippen LogP contribution in [0.2, 0.25) is 0 Å². The number of aromatic nitrogens is 2. The van der Waals surface area contributed by atoms with Gasteiger partial charge in [0.05, 0.1) is 0 Å². The van der Waals surface area contributed by atoms with E-state index >= 15 is 0 Å². The van der Waals surface area contributed by atoms with Crippen molar-refractivity contribution in [3.05, 3.63) is 35.3 Å². The molecule has 0 bridgehead atoms. The van der Waals surface area contributed by atoms with Gasteiger partial charge in [0, 0.05) is 10.9 Å². The maximum absolute atomic E-state index is 5.77. The lowest BCUT2D eigenvalue weighted by molar-refractivity contribution is 0.817. The van der Waals surface area contributed by atoms with E-state index in [9.17, 15) is 0 Å². The largest absolute Gasteiger partial charge is 0.324 e. The summed E-state index contributed by atoms with van der Waals surface area (Å²) in [6.45, 7) is 1.98. The van der Waals surface area contributed by atoms with Crippen LogP contribution in [-0.4, -0.2) is 10.2 Å². The second-order valence-electron chi connectivity index (χ2n) is 3.16. The van der Waals surface area contributed by atoms with E-state index in [0.29, 0.717) is 0 Å². The zero-order valence-corrected chi connectivity index (χ0v) is 9.89. The van der Waals surface area contributed by atoms with Crippen molar-refractivity contribution in [2.75, 3.05) is 0 Å². The molecule has 1 heterocycles. The van der Waals surface area contributed by atoms with Crippen LogP contribution in [0.5, 0.6) is 0 Å². The third-order valence-corrected chi connectivity index (χ3v) is 3.74. The van der Waals surface area contributed by atoms with E-state index < -0.39 is 0 Å². The van der Waals surface area contributed by atoms with Gasteiger partial charge in [-0.15, -0.1) is 10.2 Å². The maximum atomic E-state index is 5.77. The Morgan fingerprint density at radius 2 is 2.07 bits per heavy atom. The molecular weight excluding hydrogens is 226 g/mol. The van der Waals surface area contributed by atoms with E-state index in [-0.39, 0.29) is 6.04 Å². The minimum absolute atomic E-state index is 0.0885. The molecule has 78 valence electrons. The van der Waals surface area contributed by atoms with Crippen LogP contribution in [0.3, 0.4) is 0 Å². The number of nitrogens with zero attached hydrogens (tertiary/aromatic N) is 2. The summed E-state index contributed by atoms with van der Waals surface area (Å²) in [5, 5.41) is 7.77. The Bertz CT molecular complexity index is 409. The van der Waals surface area contributed by atoms with E-state index in [1.165, 1.54) is 0 Å². The predicted molar refractivity (Wildman–Crippen MR) is 63.1 cm³/mol. The molecule has 0 spiro atoms. The van der Waals surface area contributed by atoms with Gasteiger partial charge in [-0.05, 0) is 24.6 Å². The topological polar surface area (TPSA) is 51.8 Å². The van der Waals surface area contributed by atoms with Crippen LogP contribution in [0.4, 0.5) is 0 Å². The lowest BCUT2D eigenvalue weighted by Gasteiger charge is -2.05. The molecule has 2 aromatic rings. The van der Waals surface area contributed by atoms with Gasteiger partial charge in [-0.1, -0.05) is 35.2 Å². The third-order valence-electron chi connectivity index (χ3n) is 1.95. The van der Waals surface area contributed by atoms with Crippen LogP contribution in [0, 0.1) is 0 Å². The standard InChI is InChI=1S/C10H11N3S2/c1-7(11)8-2-4-9(5-3-8)15-10-13-12-6-14-10/h2-7H,11H2,1H3/t7-/m0/s1. The summed E-state index contributed by atoms with van der Waals surface area (Å²) in [7, 11) is 0. The molecule has 0 unspecified atom stereocenters. The average Bonchev–Trinajstić information content (AvgIpc) is 2.71. The quantitative estimate of drug-likeness (QED) is 0.891. The zero-order valence-electron chi connectivity index (χ0n) is 8.25. The Labute approximate surface area is 96.7 Å². The molecule has 2 rings (SSSR count). The lowest BCUT2D eigenvalue weighted by atomic mass is 10.1. The van der Waals surface area contributed by atoms with Gasteiger partial charge >= 0.3 is 0 Å². The van der Waals surface area contributed by atoms with Crippen molar-refractivity contribution in [3.8, 4) is 0 Å². The Hall–Kier alpha value is -0.910. The van der Waals surface area contributed by atoms with E-state index in [4.69, 9.17) is 5.73 Å². The summed E-state index contributed by atoms with van der Waals surface area (Å²) in [4.78, 5) is 1.16. The van der Waals surface area contributed by atoms with Crippen LogP contribution >= 0.6 is 23.1 Å². The molecule has 0 radical (unpaired) electrons. The van der Waals surface area contributed by atoms with Gasteiger partial charge in [0.15, 0.2) is 4.34 Å². The van der Waals surface area contributed by atoms with Crippen LogP contribution in [0.1, 0.15) is 18.5 Å². The molecule has 0 fully saturated rings. The third kappa shape index (κ3) is 2.77. The fourth-order valence-corrected chi connectivity index (χ4v) is 2.60. The van der Waals surface area contributed by atoms with Crippen molar-refractivity contribution in [2.45, 2.75) is 22.2 Å². The highest BCUT2D eigenvalue weighted by Crippen LogP contribution is 2.28. The van der Waals surface area contributed by atoms with Gasteiger partial charge in [-0.2, -0.15) is 0 Å². The van der Waals surface area contributed by atoms with Gasteiger partial charge in [0.25, 0.3) is 0 Å². The first-order valence-electron chi connectivity index (χ1n) is 4.55. The van der Waals surface area contributed by atoms with Crippen molar-refractivity contribution >= 4 is 23.1 Å². The minimum Gasteiger partial charge on any atom is -0.324 e. The molecule has 1 atom stereocenters. The number of hydrogen-bond acceptors (Lipinski definition) is 5. The van der Waals surface area contributed by atoms with Gasteiger partial charge in [-0.3, -0.25) is 0 Å². The van der Waals surface area contributed by atoms with Gasteiger partial charge in [0.1, 0.15) is 5.51 Å². The van der Waals surface area contributed by atoms with Crippen molar-refractivity contribution in [3.63, 3.8) is 0 Å². The van der Waals surface area contributed by atoms with E-state index in [1.807, 2.05) is 19.1 Å². The molecule has 2 N–H and O–H groups in total. The van der Waals surface area contributed by atoms with Crippen molar-refractivity contribution in [1.82, 2.24) is 10.2 Å². The number of hydrogen-bond donors (Lipinski definition) is 1. The molecule has 0 aliphatic carbocycles. The highest BCUT2D eigenvalue weighted by Gasteiger charge is 2.02. The van der Waals surface area contributed by atoms with Gasteiger partial charge in [0.2, 0.25) is 0 Å². The second kappa shape index (κ2) is 4.74. The zero-order chi connectivity index (χ0) is 10.7. The van der Waals surface area contributed by atoms with Gasteiger partial charge < -0.3 is 5.73 Å². The molecular formula is C10H11N3S2. The van der Waals surface area contributed by atoms with E-state index in [0.717, 1.165) is 14.8 Å². The molecule has 0 saturated heterocycles. The molecule has 1 aromatic heterocycles. The molecule has 1 aromatic carbocycles. The predicted octanol–water partition coefficient (Wildman–Crippen LogP) is 2.71. The van der Waals surface area contributed by atoms with Crippen molar-refractivity contribution in [1.29, 1.82) is 0 Å². The summed E-state index contributed by atoms with van der Waals surface area (Å²) < 4.78 is 0.962. The fourth-order valence-electron chi connectivity index (χ4n) is 1.15. The van der Waals surface area contributed by atoms with E-state index in [1.54, 1.807) is 28.6 Å². The molecule has 0 amide bonds. The fraction of sp³-hybridized carbons (Fsp3) is 0.200. The summed E-state index contributed by atoms with van der Waals surface area (Å²) in [6, 6.07) is 8.31. The molecule has 0 aliphatic rings. The summed E-state index contributed by atoms with van der Waals surface area (Å²) in [6.07, 6.45) is 0. The molecule has 5 heteroatoms. The van der Waals surface area contributed by atoms with Crippen LogP contribution in [-0.2, 0) is 0 Å². The van der Waals surface area contributed by atoms with Crippen molar-refractivity contribution in [2.24, 2.45) is 5.73 Å². The SMILES string of the molecule is C[C@H](N)c1ccc(Sc2nncs2)cc1. The van der Waals surface area contributed by atoms with Gasteiger partial charge in [-0.25, -0.2) is 0 Å². The first kappa shape index (κ1) is 10.6. The summed E-state index contributed by atoms with van der Waals surface area (Å²) in [5.41, 5.74) is 8.66. The smallest absolute Gasteiger partial charge is 0.178 e. The highest BCUT2D eigenvalue weighted by atomic mass is 32.2. The van der Waals surface area contributed by atoms with E-state index in [2.05, 4.69) is 22.3 Å². The second-order valence-corrected chi connectivity index (χ2v) is 5.32. The maximum Gasteiger partial charge on any atom is 0.178 e. The number of rotatable bonds is 3.